The third kappa shape index (κ3) is 10.6. The Morgan fingerprint density at radius 2 is 0.674 bits per heavy atom. The van der Waals surface area contributed by atoms with Crippen molar-refractivity contribution in [3.05, 3.63) is 260 Å². The zero-order valence-corrected chi connectivity index (χ0v) is 46.9. The second kappa shape index (κ2) is 23.0. The summed E-state index contributed by atoms with van der Waals surface area (Å²) in [5.74, 6) is -1.00. The molecule has 0 spiro atoms. The van der Waals surface area contributed by atoms with E-state index in [9.17, 15) is 31.1 Å². The number of carboxylic acid groups (broad SMARTS) is 1. The summed E-state index contributed by atoms with van der Waals surface area (Å²) in [4.78, 5) is 42.4. The minimum absolute atomic E-state index is 0. The van der Waals surface area contributed by atoms with Gasteiger partial charge in [-0.3, -0.25) is 19.9 Å². The van der Waals surface area contributed by atoms with Crippen molar-refractivity contribution in [2.24, 2.45) is 0 Å². The molecular weight excluding hydrogens is 1280 g/mol. The monoisotopic (exact) mass is 1320 g/mol. The van der Waals surface area contributed by atoms with Crippen molar-refractivity contribution >= 4 is 71.1 Å². The largest absolute Gasteiger partial charge is 0.477 e. The van der Waals surface area contributed by atoms with E-state index < -0.39 is 29.4 Å². The number of nitrogens with zero attached hydrogens (tertiary/aromatic N) is 7. The van der Waals surface area contributed by atoms with Gasteiger partial charge < -0.3 is 5.11 Å². The molecule has 0 aliphatic heterocycles. The van der Waals surface area contributed by atoms with Crippen LogP contribution in [0.15, 0.2) is 231 Å². The van der Waals surface area contributed by atoms with Crippen LogP contribution in [0, 0.1) is 12.1 Å². The van der Waals surface area contributed by atoms with Gasteiger partial charge in [-0.1, -0.05) is 163 Å². The summed E-state index contributed by atoms with van der Waals surface area (Å²) in [5.41, 5.74) is 7.58. The van der Waals surface area contributed by atoms with E-state index in [1.807, 2.05) is 170 Å². The molecule has 1 radical (unpaired) electrons. The molecule has 0 saturated heterocycles. The maximum absolute atomic E-state index is 13.8. The number of hydrogen-bond donors (Lipinski definition) is 1. The van der Waals surface area contributed by atoms with Gasteiger partial charge in [0.25, 0.3) is 0 Å². The quantitative estimate of drug-likeness (QED) is 0.0942. The van der Waals surface area contributed by atoms with Crippen LogP contribution in [0.25, 0.3) is 133 Å². The summed E-state index contributed by atoms with van der Waals surface area (Å²) in [5, 5.41) is 15.5. The van der Waals surface area contributed by atoms with Crippen LogP contribution in [-0.4, -0.2) is 46.0 Å². The SMILES string of the molecule is FC(F)(F)c1ccc[c-]c1-c1nc2ccc3c(-c4ccccc4)nc(-c4ccccc4)c4ccc(n1)c2c34.FC(F)(F)c1ccc[c-]c1-c1nc2ccc3c(-c4ccccc4)nc(-c4ccccc4)c4ccc(n1)c2c34.O=C(O)c1ccccn1.[Ir]. The van der Waals surface area contributed by atoms with Crippen LogP contribution in [0.2, 0.25) is 0 Å². The van der Waals surface area contributed by atoms with Gasteiger partial charge in [0.2, 0.25) is 0 Å². The smallest absolute Gasteiger partial charge is 0.381 e. The molecule has 10 aromatic carbocycles. The molecule has 0 unspecified atom stereocenters. The third-order valence-corrected chi connectivity index (χ3v) is 14.4. The Balaban J connectivity index is 0.000000146. The van der Waals surface area contributed by atoms with E-state index in [0.717, 1.165) is 100 Å². The van der Waals surface area contributed by atoms with Crippen LogP contribution in [0.4, 0.5) is 26.3 Å². The fourth-order valence-corrected chi connectivity index (χ4v) is 10.7. The van der Waals surface area contributed by atoms with Crippen LogP contribution in [0.1, 0.15) is 21.6 Å². The second-order valence-electron chi connectivity index (χ2n) is 19.6. The molecule has 0 aliphatic rings. The summed E-state index contributed by atoms with van der Waals surface area (Å²) in [6.07, 6.45) is -7.64. The molecule has 0 saturated carbocycles. The first-order valence-electron chi connectivity index (χ1n) is 26.5. The average Bonchev–Trinajstić information content (AvgIpc) is 1.37. The van der Waals surface area contributed by atoms with Crippen LogP contribution in [-0.2, 0) is 32.5 Å². The van der Waals surface area contributed by atoms with Gasteiger partial charge in [0.1, 0.15) is 5.69 Å². The summed E-state index contributed by atoms with van der Waals surface area (Å²) in [6.45, 7) is 0. The number of aromatic carboxylic acids is 1. The third-order valence-electron chi connectivity index (χ3n) is 14.4. The van der Waals surface area contributed by atoms with Gasteiger partial charge in [-0.15, -0.1) is 48.5 Å². The number of carbonyl (C=O) groups is 1. The van der Waals surface area contributed by atoms with E-state index in [4.69, 9.17) is 15.1 Å². The van der Waals surface area contributed by atoms with E-state index >= 15 is 0 Å². The molecule has 16 heteroatoms. The number of alkyl halides is 6. The van der Waals surface area contributed by atoms with Crippen molar-refractivity contribution < 1.29 is 56.3 Å². The zero-order valence-electron chi connectivity index (χ0n) is 44.5. The van der Waals surface area contributed by atoms with Crippen LogP contribution in [0.3, 0.4) is 0 Å². The van der Waals surface area contributed by atoms with Crippen molar-refractivity contribution in [1.82, 2.24) is 34.9 Å². The maximum Gasteiger partial charge on any atom is 0.381 e. The topological polar surface area (TPSA) is 128 Å². The van der Waals surface area contributed by atoms with Crippen LogP contribution in [0.5, 0.6) is 0 Å². The molecule has 15 rings (SSSR count). The Hall–Kier alpha value is -10.4. The number of rotatable bonds is 7. The number of benzene rings is 10. The summed E-state index contributed by atoms with van der Waals surface area (Å²) >= 11 is 0. The first kappa shape index (κ1) is 56.1. The maximum atomic E-state index is 13.8. The number of hydrogen-bond acceptors (Lipinski definition) is 8. The number of carboxylic acids is 1. The van der Waals surface area contributed by atoms with E-state index in [2.05, 4.69) is 37.1 Å². The molecule has 0 atom stereocenters. The molecule has 0 bridgehead atoms. The molecule has 9 nitrogen and oxygen atoms in total. The van der Waals surface area contributed by atoms with Gasteiger partial charge in [-0.25, -0.2) is 19.7 Å². The van der Waals surface area contributed by atoms with E-state index in [0.29, 0.717) is 22.1 Å². The minimum atomic E-state index is -4.55. The van der Waals surface area contributed by atoms with Gasteiger partial charge in [0.05, 0.1) is 56.5 Å². The number of aromatic nitrogens is 7. The van der Waals surface area contributed by atoms with Gasteiger partial charge >= 0.3 is 18.3 Å². The first-order valence-corrected chi connectivity index (χ1v) is 26.5. The van der Waals surface area contributed by atoms with Crippen LogP contribution >= 0.6 is 0 Å². The van der Waals surface area contributed by atoms with Crippen molar-refractivity contribution in [2.45, 2.75) is 12.4 Å². The Morgan fingerprint density at radius 3 is 0.942 bits per heavy atom. The number of halogens is 6. The second-order valence-corrected chi connectivity index (χ2v) is 19.6. The standard InChI is InChI=1S/2C32H17F3N3.C6H5NO2.Ir/c2*33-32(34,35)24-14-8-7-13-21(24)31-36-25-17-15-22-27-23(16-18-26(37-31)28(25)27)30(20-11-5-2-6-12-20)38-29(22)19-9-3-1-4-10-19;8-6(9)5-3-1-2-4-7-5;/h2*1-12,14-18H;1-4H,(H,8,9);/q2*-1;;. The van der Waals surface area contributed by atoms with Crippen molar-refractivity contribution in [3.63, 3.8) is 0 Å². The van der Waals surface area contributed by atoms with Crippen molar-refractivity contribution in [2.75, 3.05) is 0 Å². The molecule has 1 N–H and O–H groups in total. The normalized spacial score (nSPS) is 11.6. The Kier molecular flexibility index (Phi) is 15.0. The minimum Gasteiger partial charge on any atom is -0.477 e. The predicted octanol–water partition coefficient (Wildman–Crippen LogP) is 18.0. The molecule has 0 fully saturated rings. The number of pyridine rings is 3. The zero-order chi connectivity index (χ0) is 58.4. The molecule has 5 aromatic heterocycles. The Morgan fingerprint density at radius 1 is 0.360 bits per heavy atom. The van der Waals surface area contributed by atoms with Crippen molar-refractivity contribution in [3.8, 4) is 67.8 Å². The molecule has 5 heterocycles. The van der Waals surface area contributed by atoms with E-state index in [1.165, 1.54) is 36.5 Å². The first-order chi connectivity index (χ1) is 41.3. The summed E-state index contributed by atoms with van der Waals surface area (Å²) < 4.78 is 82.6. The van der Waals surface area contributed by atoms with E-state index in [1.54, 1.807) is 12.1 Å². The van der Waals surface area contributed by atoms with Crippen LogP contribution < -0.4 is 0 Å². The average molecular weight is 1320 g/mol. The van der Waals surface area contributed by atoms with E-state index in [-0.39, 0.29) is 48.6 Å². The predicted molar refractivity (Wildman–Crippen MR) is 319 cm³/mol. The molecular formula is C70H39F6IrN7O2-2. The Labute approximate surface area is 499 Å². The molecule has 419 valence electrons. The van der Waals surface area contributed by atoms with Gasteiger partial charge in [-0.05, 0) is 47.5 Å². The van der Waals surface area contributed by atoms with Crippen molar-refractivity contribution in [1.29, 1.82) is 0 Å². The van der Waals surface area contributed by atoms with Gasteiger partial charge in [0.15, 0.2) is 0 Å². The summed E-state index contributed by atoms with van der Waals surface area (Å²) in [6, 6.07) is 72.7. The molecule has 86 heavy (non-hydrogen) atoms. The van der Waals surface area contributed by atoms with Gasteiger partial charge in [0, 0.05) is 91.6 Å². The van der Waals surface area contributed by atoms with Gasteiger partial charge in [-0.2, -0.15) is 26.3 Å². The molecule has 0 aliphatic carbocycles. The fourth-order valence-electron chi connectivity index (χ4n) is 10.7. The summed E-state index contributed by atoms with van der Waals surface area (Å²) in [7, 11) is 0. The Bertz CT molecular complexity index is 4450. The molecule has 15 aromatic rings. The molecule has 0 amide bonds. The fraction of sp³-hybridized carbons (Fsp3) is 0.0286.